The number of para-hydroxylation sites is 4. The van der Waals surface area contributed by atoms with Crippen LogP contribution in [-0.4, -0.2) is 49.1 Å². The van der Waals surface area contributed by atoms with E-state index in [2.05, 4.69) is 53.4 Å². The molecule has 70 heavy (non-hydrogen) atoms. The van der Waals surface area contributed by atoms with Gasteiger partial charge < -0.3 is 55.3 Å². The molecule has 0 aliphatic carbocycles. The molecule has 2 aliphatic heterocycles. The number of rotatable bonds is 17. The molecule has 0 fully saturated rings. The number of aromatic nitrogens is 2. The maximum Gasteiger partial charge on any atom is 0.124 e. The molecule has 8 aromatic rings. The van der Waals surface area contributed by atoms with E-state index < -0.39 is 0 Å². The van der Waals surface area contributed by atoms with Crippen molar-refractivity contribution in [1.82, 2.24) is 9.97 Å². The molecule has 362 valence electrons. The number of aliphatic imine (C=N–C) groups is 2. The third kappa shape index (κ3) is 16.2. The van der Waals surface area contributed by atoms with Crippen LogP contribution in [0.25, 0.3) is 10.6 Å². The van der Waals surface area contributed by atoms with Gasteiger partial charge in [0.1, 0.15) is 29.7 Å². The van der Waals surface area contributed by atoms with Gasteiger partial charge in [-0.15, -0.1) is 11.4 Å². The number of benzene rings is 6. The van der Waals surface area contributed by atoms with E-state index in [1.807, 2.05) is 205 Å². The first-order chi connectivity index (χ1) is 33.7. The number of nitrogens with one attached hydrogen (secondary N) is 2. The third-order valence-corrected chi connectivity index (χ3v) is 9.81. The molecule has 13 nitrogen and oxygen atoms in total. The monoisotopic (exact) mass is 1290 g/mol. The average molecular weight is 1290 g/mol. The number of anilines is 6. The van der Waals surface area contributed by atoms with Crippen LogP contribution in [0.5, 0.6) is 11.5 Å². The quantitative estimate of drug-likeness (QED) is 0.0395. The Bertz CT molecular complexity index is 2600. The summed E-state index contributed by atoms with van der Waals surface area (Å²) >= 11 is 0. The summed E-state index contributed by atoms with van der Waals surface area (Å²) in [6, 6.07) is 64.4. The van der Waals surface area contributed by atoms with Gasteiger partial charge in [-0.3, -0.25) is 0 Å². The van der Waals surface area contributed by atoms with Crippen LogP contribution in [0.2, 0.25) is 0 Å². The van der Waals surface area contributed by atoms with Gasteiger partial charge in [0.15, 0.2) is 0 Å². The molecule has 0 radical (unpaired) electrons. The summed E-state index contributed by atoms with van der Waals surface area (Å²) in [6.07, 6.45) is 7.44. The second-order valence-electron chi connectivity index (χ2n) is 14.6. The summed E-state index contributed by atoms with van der Waals surface area (Å²) in [5.41, 5.74) is 7.31. The van der Waals surface area contributed by atoms with Crippen LogP contribution in [0.3, 0.4) is 0 Å². The van der Waals surface area contributed by atoms with E-state index in [-0.39, 0.29) is 42.1 Å². The predicted molar refractivity (Wildman–Crippen MR) is 274 cm³/mol. The van der Waals surface area contributed by atoms with Crippen molar-refractivity contribution in [2.75, 3.05) is 46.9 Å². The Kier molecular flexibility index (Phi) is 21.5. The minimum absolute atomic E-state index is 0. The van der Waals surface area contributed by atoms with Crippen LogP contribution < -0.4 is 29.9 Å². The Morgan fingerprint density at radius 2 is 1.00 bits per heavy atom. The zero-order valence-electron chi connectivity index (χ0n) is 37.8. The van der Waals surface area contributed by atoms with E-state index >= 15 is 0 Å². The van der Waals surface area contributed by atoms with Crippen molar-refractivity contribution in [3.8, 4) is 11.5 Å². The third-order valence-electron chi connectivity index (χ3n) is 9.81. The summed E-state index contributed by atoms with van der Waals surface area (Å²) in [7, 11) is 0. The first kappa shape index (κ1) is 52.1. The van der Waals surface area contributed by atoms with Crippen molar-refractivity contribution in [2.45, 2.75) is 6.42 Å². The Morgan fingerprint density at radius 1 is 0.514 bits per heavy atom. The van der Waals surface area contributed by atoms with Gasteiger partial charge in [-0.2, -0.15) is 74.0 Å². The van der Waals surface area contributed by atoms with E-state index in [9.17, 15) is 0 Å². The van der Waals surface area contributed by atoms with Gasteiger partial charge in [-0.1, -0.05) is 97.6 Å². The van der Waals surface area contributed by atoms with Gasteiger partial charge in [0.25, 0.3) is 0 Å². The molecular weight excluding hydrogens is 1240 g/mol. The Morgan fingerprint density at radius 3 is 1.49 bits per heavy atom. The Labute approximate surface area is 438 Å². The fourth-order valence-electron chi connectivity index (χ4n) is 6.56. The molecule has 0 saturated carbocycles. The van der Waals surface area contributed by atoms with E-state index in [1.54, 1.807) is 25.1 Å². The summed E-state index contributed by atoms with van der Waals surface area (Å²) < 4.78 is 17.3. The van der Waals surface area contributed by atoms with Gasteiger partial charge in [0.05, 0.1) is 13.2 Å². The second kappa shape index (κ2) is 28.9. The maximum atomic E-state index is 5.82. The number of hydrogen-bond donors (Lipinski definition) is 2. The maximum absolute atomic E-state index is 5.82. The smallest absolute Gasteiger partial charge is 0.124 e. The fraction of sp³-hybridized carbons (Fsp3) is 0.0909. The van der Waals surface area contributed by atoms with Crippen LogP contribution in [0.15, 0.2) is 204 Å². The van der Waals surface area contributed by atoms with Crippen molar-refractivity contribution >= 4 is 69.8 Å². The zero-order chi connectivity index (χ0) is 46.3. The van der Waals surface area contributed by atoms with Crippen LogP contribution >= 0.6 is 0 Å². The van der Waals surface area contributed by atoms with Crippen LogP contribution in [0, 0.1) is 25.5 Å². The summed E-state index contributed by atoms with van der Waals surface area (Å²) in [6.45, 7) is 5.87. The standard InChI is InChI=1S/C31H30N4O3.2C12H9N3.2Pt/c1-3-10-26(11-4-1)32-24-34-28-14-7-16-30(22-28)37-19-9-18-36-20-21-38-31-17-8-15-29(23-31)35-25-33-27-12-5-2-6-13-27;2*1-2-5-10(6-3-1)15-9-14-11-7-4-8-13-12(11)15;;/h1-8,10-17,22-25H,9,18-21H2;2*1-5,7-9,14H;;/q3*-2;;. The van der Waals surface area contributed by atoms with Gasteiger partial charge in [0.2, 0.25) is 0 Å². The molecule has 2 aliphatic rings. The van der Waals surface area contributed by atoms with Crippen LogP contribution in [0.4, 0.5) is 57.1 Å². The van der Waals surface area contributed by atoms with Gasteiger partial charge >= 0.3 is 0 Å². The first-order valence-corrected chi connectivity index (χ1v) is 22.0. The van der Waals surface area contributed by atoms with Crippen LogP contribution in [-0.2, 0) is 46.9 Å². The van der Waals surface area contributed by atoms with Crippen molar-refractivity contribution in [2.24, 2.45) is 9.98 Å². The summed E-state index contributed by atoms with van der Waals surface area (Å²) in [5.74, 6) is 3.34. The van der Waals surface area contributed by atoms with Crippen molar-refractivity contribution < 1.29 is 56.3 Å². The largest absolute Gasteiger partial charge is 0.513 e. The number of ether oxygens (including phenoxy) is 3. The first-order valence-electron chi connectivity index (χ1n) is 22.0. The molecule has 0 atom stereocenters. The molecule has 0 bridgehead atoms. The van der Waals surface area contributed by atoms with Crippen molar-refractivity contribution in [3.63, 3.8) is 0 Å². The predicted octanol–water partition coefficient (Wildman–Crippen LogP) is 13.4. The molecular formula is C55H48N10O3Pt2-6. The van der Waals surface area contributed by atoms with Gasteiger partial charge in [-0.25, -0.2) is 9.97 Å². The Balaban J connectivity index is 0.000000204. The van der Waals surface area contributed by atoms with E-state index in [0.717, 1.165) is 75.1 Å². The van der Waals surface area contributed by atoms with Gasteiger partial charge in [0, 0.05) is 78.9 Å². The molecule has 2 aromatic heterocycles. The van der Waals surface area contributed by atoms with E-state index in [1.165, 1.54) is 0 Å². The molecule has 10 rings (SSSR count). The summed E-state index contributed by atoms with van der Waals surface area (Å²) in [5, 5.41) is 15.1. The number of nitrogens with zero attached hydrogens (tertiary/aromatic N) is 8. The average Bonchev–Trinajstić information content (AvgIpc) is 4.04. The molecule has 0 spiro atoms. The van der Waals surface area contributed by atoms with Crippen molar-refractivity contribution in [3.05, 3.63) is 230 Å². The molecule has 2 N–H and O–H groups in total. The minimum atomic E-state index is 0. The van der Waals surface area contributed by atoms with Gasteiger partial charge in [-0.05, 0) is 71.3 Å². The second-order valence-corrected chi connectivity index (χ2v) is 14.6. The molecule has 0 amide bonds. The normalized spacial score (nSPS) is 11.8. The topological polar surface area (TPSA) is 137 Å². The van der Waals surface area contributed by atoms with Crippen molar-refractivity contribution in [1.29, 1.82) is 0 Å². The number of fused-ring (bicyclic) bond motifs is 2. The fourth-order valence-corrected chi connectivity index (χ4v) is 6.56. The molecule has 4 heterocycles. The molecule has 6 aromatic carbocycles. The number of hydrogen-bond acceptors (Lipinski definition) is 11. The molecule has 0 unspecified atom stereocenters. The van der Waals surface area contributed by atoms with Crippen LogP contribution in [0.1, 0.15) is 6.42 Å². The van der Waals surface area contributed by atoms with E-state index in [4.69, 9.17) is 14.2 Å². The SMILES string of the molecule is C(=Nc1ccccc1)[N-]c1cccc(OCCCOCCOc2cccc([N-]C=Nc3ccccc3)c2)c1.[Pt].[Pt].[c-]1ccccc1N1[CH-]Nc2cccnc21.[c-]1ccccc1N1[CH-]Nc2cccnc21. The Hall–Kier alpha value is -7.30. The molecule has 0 saturated heterocycles. The minimum Gasteiger partial charge on any atom is -0.513 e. The zero-order valence-corrected chi connectivity index (χ0v) is 42.3. The molecule has 15 heteroatoms. The number of pyridine rings is 2. The summed E-state index contributed by atoms with van der Waals surface area (Å²) in [4.78, 5) is 21.3. The van der Waals surface area contributed by atoms with E-state index in [0.29, 0.717) is 26.4 Å².